The Hall–Kier alpha value is 0.310. The zero-order valence-electron chi connectivity index (χ0n) is 4.96. The molecule has 0 bridgehead atoms. The standard InChI is InChI=1S/C4H9O3P/c1-4-3-6-8(5-2)7-4/h4H,3H2,1-2H3/t4-,8?/m0/s1. The van der Waals surface area contributed by atoms with Gasteiger partial charge in [0.2, 0.25) is 0 Å². The smallest absolute Gasteiger partial charge is 0.316 e. The van der Waals surface area contributed by atoms with Crippen LogP contribution in [0.5, 0.6) is 0 Å². The normalized spacial score (nSPS) is 38.2. The molecule has 0 aromatic carbocycles. The van der Waals surface area contributed by atoms with Gasteiger partial charge in [0, 0.05) is 7.11 Å². The van der Waals surface area contributed by atoms with Gasteiger partial charge < -0.3 is 13.6 Å². The summed E-state index contributed by atoms with van der Waals surface area (Å²) in [5, 5.41) is 0. The molecule has 0 N–H and O–H groups in total. The minimum absolute atomic E-state index is 0.209. The van der Waals surface area contributed by atoms with Gasteiger partial charge in [-0.1, -0.05) is 0 Å². The summed E-state index contributed by atoms with van der Waals surface area (Å²) in [5.41, 5.74) is 0. The molecule has 0 aliphatic carbocycles. The number of rotatable bonds is 1. The number of hydrogen-bond donors (Lipinski definition) is 0. The molecule has 48 valence electrons. The lowest BCUT2D eigenvalue weighted by Gasteiger charge is -2.01. The Morgan fingerprint density at radius 2 is 2.50 bits per heavy atom. The first kappa shape index (κ1) is 6.43. The van der Waals surface area contributed by atoms with Crippen LogP contribution in [-0.2, 0) is 13.6 Å². The third-order valence-electron chi connectivity index (χ3n) is 0.830. The van der Waals surface area contributed by atoms with Crippen LogP contribution in [0.2, 0.25) is 0 Å². The highest BCUT2D eigenvalue weighted by molar-refractivity contribution is 7.41. The van der Waals surface area contributed by atoms with Crippen molar-refractivity contribution < 1.29 is 13.6 Å². The second kappa shape index (κ2) is 2.74. The Bertz CT molecular complexity index is 77.7. The van der Waals surface area contributed by atoms with E-state index in [0.29, 0.717) is 6.61 Å². The predicted molar refractivity (Wildman–Crippen MR) is 30.4 cm³/mol. The van der Waals surface area contributed by atoms with E-state index in [-0.39, 0.29) is 6.10 Å². The van der Waals surface area contributed by atoms with Crippen LogP contribution in [0.4, 0.5) is 0 Å². The second-order valence-corrected chi connectivity index (χ2v) is 2.90. The Labute approximate surface area is 49.9 Å². The van der Waals surface area contributed by atoms with Gasteiger partial charge in [0.1, 0.15) is 0 Å². The molecule has 0 aromatic rings. The third kappa shape index (κ3) is 1.39. The average Bonchev–Trinajstić information content (AvgIpc) is 2.14. The molecular weight excluding hydrogens is 127 g/mol. The van der Waals surface area contributed by atoms with Crippen molar-refractivity contribution in [1.82, 2.24) is 0 Å². The summed E-state index contributed by atoms with van der Waals surface area (Å²) in [6.07, 6.45) is 0.209. The summed E-state index contributed by atoms with van der Waals surface area (Å²) in [5.74, 6) is 0. The van der Waals surface area contributed by atoms with Gasteiger partial charge >= 0.3 is 8.60 Å². The fourth-order valence-corrected chi connectivity index (χ4v) is 1.41. The summed E-state index contributed by atoms with van der Waals surface area (Å²) >= 11 is 0. The van der Waals surface area contributed by atoms with E-state index in [1.54, 1.807) is 7.11 Å². The molecule has 1 rings (SSSR count). The van der Waals surface area contributed by atoms with E-state index in [1.807, 2.05) is 6.92 Å². The average molecular weight is 136 g/mol. The fraction of sp³-hybridized carbons (Fsp3) is 1.00. The van der Waals surface area contributed by atoms with E-state index in [1.165, 1.54) is 0 Å². The highest BCUT2D eigenvalue weighted by atomic mass is 31.2. The molecule has 8 heavy (non-hydrogen) atoms. The molecule has 3 nitrogen and oxygen atoms in total. The SMILES string of the molecule is COP1OC[C@H](C)O1. The fourth-order valence-electron chi connectivity index (χ4n) is 0.469. The summed E-state index contributed by atoms with van der Waals surface area (Å²) in [4.78, 5) is 0. The van der Waals surface area contributed by atoms with Crippen molar-refractivity contribution in [1.29, 1.82) is 0 Å². The van der Waals surface area contributed by atoms with Gasteiger partial charge in [0.05, 0.1) is 12.7 Å². The minimum atomic E-state index is -0.982. The van der Waals surface area contributed by atoms with Crippen LogP contribution in [0.1, 0.15) is 6.92 Å². The molecule has 1 saturated heterocycles. The molecule has 0 radical (unpaired) electrons. The molecular formula is C4H9O3P. The van der Waals surface area contributed by atoms with E-state index >= 15 is 0 Å². The monoisotopic (exact) mass is 136 g/mol. The van der Waals surface area contributed by atoms with Crippen LogP contribution in [0.15, 0.2) is 0 Å². The van der Waals surface area contributed by atoms with Crippen LogP contribution in [0.3, 0.4) is 0 Å². The summed E-state index contributed by atoms with van der Waals surface area (Å²) in [7, 11) is 0.605. The first-order chi connectivity index (χ1) is 3.83. The molecule has 1 aliphatic heterocycles. The predicted octanol–water partition coefficient (Wildman–Crippen LogP) is 1.29. The van der Waals surface area contributed by atoms with Crippen LogP contribution < -0.4 is 0 Å². The Kier molecular flexibility index (Phi) is 2.20. The van der Waals surface area contributed by atoms with Gasteiger partial charge in [-0.2, -0.15) is 0 Å². The summed E-state index contributed by atoms with van der Waals surface area (Å²) < 4.78 is 15.0. The third-order valence-corrected chi connectivity index (χ3v) is 2.02. The van der Waals surface area contributed by atoms with Crippen LogP contribution in [0.25, 0.3) is 0 Å². The lowest BCUT2D eigenvalue weighted by Crippen LogP contribution is -1.99. The molecule has 0 saturated carbocycles. The molecule has 1 unspecified atom stereocenters. The molecule has 0 aromatic heterocycles. The van der Waals surface area contributed by atoms with Crippen molar-refractivity contribution in [2.45, 2.75) is 13.0 Å². The van der Waals surface area contributed by atoms with Gasteiger partial charge in [-0.25, -0.2) is 0 Å². The lowest BCUT2D eigenvalue weighted by atomic mass is 10.5. The minimum Gasteiger partial charge on any atom is -0.316 e. The summed E-state index contributed by atoms with van der Waals surface area (Å²) in [6.45, 7) is 2.63. The van der Waals surface area contributed by atoms with Gasteiger partial charge in [-0.15, -0.1) is 0 Å². The van der Waals surface area contributed by atoms with Crippen LogP contribution in [0, 0.1) is 0 Å². The molecule has 1 fully saturated rings. The Balaban J connectivity index is 2.22. The largest absolute Gasteiger partial charge is 0.332 e. The van der Waals surface area contributed by atoms with Gasteiger partial charge in [0.15, 0.2) is 0 Å². The highest BCUT2D eigenvalue weighted by Gasteiger charge is 2.23. The van der Waals surface area contributed by atoms with Crippen LogP contribution in [-0.4, -0.2) is 19.8 Å². The Morgan fingerprint density at radius 3 is 2.75 bits per heavy atom. The molecule has 2 atom stereocenters. The van der Waals surface area contributed by atoms with E-state index < -0.39 is 8.60 Å². The van der Waals surface area contributed by atoms with E-state index in [4.69, 9.17) is 13.6 Å². The van der Waals surface area contributed by atoms with Crippen molar-refractivity contribution in [3.8, 4) is 0 Å². The maximum atomic E-state index is 5.13. The molecule has 1 heterocycles. The lowest BCUT2D eigenvalue weighted by molar-refractivity contribution is 0.248. The molecule has 0 spiro atoms. The topological polar surface area (TPSA) is 27.7 Å². The molecule has 4 heteroatoms. The molecule has 1 aliphatic rings. The van der Waals surface area contributed by atoms with Crippen LogP contribution >= 0.6 is 8.60 Å². The van der Waals surface area contributed by atoms with E-state index in [2.05, 4.69) is 0 Å². The maximum Gasteiger partial charge on any atom is 0.332 e. The first-order valence-corrected chi connectivity index (χ1v) is 3.56. The van der Waals surface area contributed by atoms with E-state index in [0.717, 1.165) is 0 Å². The molecule has 0 amide bonds. The van der Waals surface area contributed by atoms with Crippen molar-refractivity contribution in [3.63, 3.8) is 0 Å². The first-order valence-electron chi connectivity index (χ1n) is 2.47. The van der Waals surface area contributed by atoms with Gasteiger partial charge in [0.25, 0.3) is 0 Å². The van der Waals surface area contributed by atoms with Crippen molar-refractivity contribution in [2.75, 3.05) is 13.7 Å². The quantitative estimate of drug-likeness (QED) is 0.508. The second-order valence-electron chi connectivity index (χ2n) is 1.62. The summed E-state index contributed by atoms with van der Waals surface area (Å²) in [6, 6.07) is 0. The van der Waals surface area contributed by atoms with Gasteiger partial charge in [-0.3, -0.25) is 0 Å². The number of hydrogen-bond acceptors (Lipinski definition) is 3. The zero-order valence-corrected chi connectivity index (χ0v) is 5.85. The highest BCUT2D eigenvalue weighted by Crippen LogP contribution is 2.44. The van der Waals surface area contributed by atoms with Gasteiger partial charge in [-0.05, 0) is 6.92 Å². The van der Waals surface area contributed by atoms with Crippen molar-refractivity contribution in [3.05, 3.63) is 0 Å². The van der Waals surface area contributed by atoms with Crippen molar-refractivity contribution in [2.24, 2.45) is 0 Å². The Morgan fingerprint density at radius 1 is 1.75 bits per heavy atom. The van der Waals surface area contributed by atoms with Crippen molar-refractivity contribution >= 4 is 8.60 Å². The zero-order chi connectivity index (χ0) is 5.98. The van der Waals surface area contributed by atoms with E-state index in [9.17, 15) is 0 Å². The maximum absolute atomic E-state index is 5.13.